The number of hydrogen-bond acceptors (Lipinski definition) is 4. The highest BCUT2D eigenvalue weighted by molar-refractivity contribution is 7.10. The van der Waals surface area contributed by atoms with Gasteiger partial charge in [0, 0.05) is 18.2 Å². The Hall–Kier alpha value is -2.44. The van der Waals surface area contributed by atoms with Crippen LogP contribution in [0.4, 0.5) is 0 Å². The molecule has 1 aliphatic rings. The Kier molecular flexibility index (Phi) is 3.46. The van der Waals surface area contributed by atoms with Gasteiger partial charge in [0.05, 0.1) is 11.4 Å². The van der Waals surface area contributed by atoms with Gasteiger partial charge >= 0.3 is 0 Å². The molecule has 0 aliphatic carbocycles. The fourth-order valence-electron chi connectivity index (χ4n) is 3.90. The van der Waals surface area contributed by atoms with E-state index in [1.54, 1.807) is 0 Å². The minimum atomic E-state index is -0.192. The Morgan fingerprint density at radius 3 is 3.08 bits per heavy atom. The summed E-state index contributed by atoms with van der Waals surface area (Å²) >= 11 is 1.82. The maximum atomic E-state index is 12.5. The Labute approximate surface area is 147 Å². The smallest absolute Gasteiger partial charge is 0.294 e. The van der Waals surface area contributed by atoms with Crippen LogP contribution in [0, 0.1) is 0 Å². The number of aromatic amines is 1. The molecule has 0 bridgehead atoms. The number of nitrogens with one attached hydrogen (secondary N) is 2. The molecule has 1 aliphatic heterocycles. The van der Waals surface area contributed by atoms with E-state index in [1.807, 2.05) is 35.6 Å². The summed E-state index contributed by atoms with van der Waals surface area (Å²) in [5.41, 5.74) is 1.50. The number of para-hydroxylation sites is 1. The molecule has 0 radical (unpaired) electrons. The first-order valence-corrected chi connectivity index (χ1v) is 9.46. The highest BCUT2D eigenvalue weighted by atomic mass is 32.1. The lowest BCUT2D eigenvalue weighted by Crippen LogP contribution is -3.09. The number of furan rings is 1. The summed E-state index contributed by atoms with van der Waals surface area (Å²) in [4.78, 5) is 23.0. The zero-order valence-corrected chi connectivity index (χ0v) is 14.4. The molecule has 4 aromatic rings. The second kappa shape index (κ2) is 5.82. The van der Waals surface area contributed by atoms with Crippen molar-refractivity contribution in [3.05, 3.63) is 62.8 Å². The van der Waals surface area contributed by atoms with Gasteiger partial charge in [0.2, 0.25) is 5.58 Å². The first kappa shape index (κ1) is 14.9. The molecular weight excluding hydrogens is 334 g/mol. The van der Waals surface area contributed by atoms with Crippen molar-refractivity contribution < 1.29 is 9.32 Å². The summed E-state index contributed by atoms with van der Waals surface area (Å²) in [6.07, 6.45) is 2.40. The van der Waals surface area contributed by atoms with E-state index in [1.165, 1.54) is 22.6 Å². The highest BCUT2D eigenvalue weighted by Crippen LogP contribution is 2.25. The van der Waals surface area contributed by atoms with Crippen molar-refractivity contribution in [2.75, 3.05) is 6.54 Å². The Morgan fingerprint density at radius 1 is 1.28 bits per heavy atom. The molecule has 4 heterocycles. The highest BCUT2D eigenvalue weighted by Gasteiger charge is 2.31. The first-order chi connectivity index (χ1) is 12.3. The number of H-pyrrole nitrogens is 1. The van der Waals surface area contributed by atoms with Crippen LogP contribution >= 0.6 is 11.3 Å². The minimum absolute atomic E-state index is 0.192. The van der Waals surface area contributed by atoms with Gasteiger partial charge in [0.1, 0.15) is 23.7 Å². The molecule has 1 fully saturated rings. The second-order valence-corrected chi connectivity index (χ2v) is 7.56. The van der Waals surface area contributed by atoms with Crippen LogP contribution in [-0.4, -0.2) is 16.5 Å². The Balaban J connectivity index is 1.54. The number of rotatable bonds is 3. The number of benzene rings is 1. The van der Waals surface area contributed by atoms with Crippen LogP contribution in [-0.2, 0) is 6.54 Å². The van der Waals surface area contributed by atoms with E-state index in [0.717, 1.165) is 24.3 Å². The van der Waals surface area contributed by atoms with Crippen molar-refractivity contribution in [1.82, 2.24) is 9.97 Å². The Morgan fingerprint density at radius 2 is 2.20 bits per heavy atom. The predicted molar refractivity (Wildman–Crippen MR) is 98.0 cm³/mol. The number of thiophene rings is 1. The van der Waals surface area contributed by atoms with E-state index in [0.29, 0.717) is 22.7 Å². The topological polar surface area (TPSA) is 63.3 Å². The quantitative estimate of drug-likeness (QED) is 0.596. The summed E-state index contributed by atoms with van der Waals surface area (Å²) in [7, 11) is 0. The predicted octanol–water partition coefficient (Wildman–Crippen LogP) is 2.65. The number of aromatic nitrogens is 2. The number of hydrogen-bond donors (Lipinski definition) is 2. The van der Waals surface area contributed by atoms with E-state index < -0.39 is 0 Å². The molecule has 126 valence electrons. The van der Waals surface area contributed by atoms with Gasteiger partial charge in [-0.25, -0.2) is 4.98 Å². The lowest BCUT2D eigenvalue weighted by molar-refractivity contribution is -0.932. The van der Waals surface area contributed by atoms with E-state index in [9.17, 15) is 4.79 Å². The number of nitrogens with zero attached hydrogens (tertiary/aromatic N) is 1. The van der Waals surface area contributed by atoms with Crippen LogP contribution in [0.2, 0.25) is 0 Å². The van der Waals surface area contributed by atoms with Crippen LogP contribution < -0.4 is 10.5 Å². The van der Waals surface area contributed by atoms with Crippen LogP contribution in [0.15, 0.2) is 51.0 Å². The maximum absolute atomic E-state index is 12.5. The fourth-order valence-corrected chi connectivity index (χ4v) is 4.82. The van der Waals surface area contributed by atoms with Crippen molar-refractivity contribution in [3.8, 4) is 0 Å². The molecular formula is C19H18N3O2S+. The molecule has 1 saturated heterocycles. The van der Waals surface area contributed by atoms with Gasteiger partial charge < -0.3 is 14.3 Å². The van der Waals surface area contributed by atoms with E-state index in [-0.39, 0.29) is 5.56 Å². The summed E-state index contributed by atoms with van der Waals surface area (Å²) in [6.45, 7) is 1.84. The number of likely N-dealkylation sites (tertiary alicyclic amines) is 1. The van der Waals surface area contributed by atoms with Crippen molar-refractivity contribution in [2.24, 2.45) is 0 Å². The summed E-state index contributed by atoms with van der Waals surface area (Å²) in [6, 6.07) is 12.5. The molecule has 2 atom stereocenters. The van der Waals surface area contributed by atoms with Crippen LogP contribution in [0.25, 0.3) is 22.1 Å². The van der Waals surface area contributed by atoms with E-state index in [4.69, 9.17) is 9.40 Å². The normalized spacial score (nSPS) is 20.6. The summed E-state index contributed by atoms with van der Waals surface area (Å²) in [5, 5.41) is 3.03. The van der Waals surface area contributed by atoms with Crippen molar-refractivity contribution in [2.45, 2.75) is 25.4 Å². The molecule has 5 rings (SSSR count). The molecule has 1 aromatic carbocycles. The van der Waals surface area contributed by atoms with E-state index in [2.05, 4.69) is 22.5 Å². The Bertz CT molecular complexity index is 1100. The van der Waals surface area contributed by atoms with Crippen LogP contribution in [0.5, 0.6) is 0 Å². The van der Waals surface area contributed by atoms with E-state index >= 15 is 0 Å². The molecule has 25 heavy (non-hydrogen) atoms. The molecule has 6 heteroatoms. The van der Waals surface area contributed by atoms with Crippen molar-refractivity contribution in [3.63, 3.8) is 0 Å². The molecule has 3 aromatic heterocycles. The van der Waals surface area contributed by atoms with Gasteiger partial charge in [-0.1, -0.05) is 18.2 Å². The van der Waals surface area contributed by atoms with Gasteiger partial charge in [-0.15, -0.1) is 11.3 Å². The molecule has 0 spiro atoms. The largest absolute Gasteiger partial charge is 0.449 e. The SMILES string of the molecule is O=c1[nH]c(C[NH+]2CCC[C@@H]2c2cccs2)nc2c1oc1ccccc12. The van der Waals surface area contributed by atoms with Crippen LogP contribution in [0.3, 0.4) is 0 Å². The van der Waals surface area contributed by atoms with Crippen molar-refractivity contribution in [1.29, 1.82) is 0 Å². The minimum Gasteiger partial charge on any atom is -0.449 e. The standard InChI is InChI=1S/C19H17N3O2S/c23-19-18-17(12-5-1-2-7-14(12)24-18)20-16(21-19)11-22-9-3-6-13(22)15-8-4-10-25-15/h1-2,4-5,7-8,10,13H,3,6,9,11H2,(H,20,21,23)/p+1/t13-/m1/s1. The van der Waals surface area contributed by atoms with Gasteiger partial charge in [-0.2, -0.15) is 0 Å². The summed E-state index contributed by atoms with van der Waals surface area (Å²) < 4.78 is 5.68. The number of quaternary nitrogens is 1. The molecule has 5 nitrogen and oxygen atoms in total. The number of fused-ring (bicyclic) bond motifs is 3. The first-order valence-electron chi connectivity index (χ1n) is 8.58. The molecule has 1 unspecified atom stereocenters. The van der Waals surface area contributed by atoms with Crippen molar-refractivity contribution >= 4 is 33.4 Å². The zero-order chi connectivity index (χ0) is 16.8. The van der Waals surface area contributed by atoms with Crippen LogP contribution in [0.1, 0.15) is 29.6 Å². The fraction of sp³-hybridized carbons (Fsp3) is 0.263. The molecule has 0 saturated carbocycles. The molecule has 2 N–H and O–H groups in total. The molecule has 0 amide bonds. The maximum Gasteiger partial charge on any atom is 0.294 e. The van der Waals surface area contributed by atoms with Gasteiger partial charge in [0.15, 0.2) is 5.82 Å². The van der Waals surface area contributed by atoms with Gasteiger partial charge in [-0.05, 0) is 23.6 Å². The average molecular weight is 352 g/mol. The third-order valence-electron chi connectivity index (χ3n) is 5.04. The summed E-state index contributed by atoms with van der Waals surface area (Å²) in [5.74, 6) is 0.738. The lowest BCUT2D eigenvalue weighted by Gasteiger charge is -2.19. The van der Waals surface area contributed by atoms with Gasteiger partial charge in [0.25, 0.3) is 5.56 Å². The second-order valence-electron chi connectivity index (χ2n) is 6.58. The third kappa shape index (κ3) is 2.49. The van der Waals surface area contributed by atoms with Gasteiger partial charge in [-0.3, -0.25) is 4.79 Å². The lowest BCUT2D eigenvalue weighted by atomic mass is 10.2. The monoisotopic (exact) mass is 352 g/mol. The third-order valence-corrected chi connectivity index (χ3v) is 6.03. The average Bonchev–Trinajstić information content (AvgIpc) is 3.34. The zero-order valence-electron chi connectivity index (χ0n) is 13.6.